The van der Waals surface area contributed by atoms with Gasteiger partial charge in [-0.25, -0.2) is 8.42 Å². The Hall–Kier alpha value is -2.14. The molecule has 0 N–H and O–H groups in total. The van der Waals surface area contributed by atoms with E-state index >= 15 is 0 Å². The molecule has 3 aliphatic rings. The van der Waals surface area contributed by atoms with Crippen LogP contribution in [0.15, 0.2) is 24.3 Å². The van der Waals surface area contributed by atoms with Crippen LogP contribution in [0.4, 0.5) is 13.2 Å². The molecule has 2 atom stereocenters. The van der Waals surface area contributed by atoms with E-state index in [1.54, 1.807) is 11.0 Å². The maximum Gasteiger partial charge on any atom is 0.416 e. The second-order valence-corrected chi connectivity index (χ2v) is 11.0. The van der Waals surface area contributed by atoms with Crippen LogP contribution in [-0.2, 0) is 32.1 Å². The van der Waals surface area contributed by atoms with Gasteiger partial charge in [-0.15, -0.1) is 0 Å². The highest BCUT2D eigenvalue weighted by atomic mass is 32.2. The summed E-state index contributed by atoms with van der Waals surface area (Å²) < 4.78 is 62.2. The first kappa shape index (κ1) is 23.0. The highest BCUT2D eigenvalue weighted by Crippen LogP contribution is 2.30. The van der Waals surface area contributed by atoms with Gasteiger partial charge in [0.2, 0.25) is 11.8 Å². The molecule has 3 heterocycles. The SMILES string of the molecule is O=C1CC(C(=O)N2CCN(C3CCS(=O)(=O)C3)CC2)CN1Cc1cccc(C(F)(F)F)c1. The lowest BCUT2D eigenvalue weighted by molar-refractivity contribution is -0.138. The highest BCUT2D eigenvalue weighted by molar-refractivity contribution is 7.91. The molecule has 0 aliphatic carbocycles. The lowest BCUT2D eigenvalue weighted by Gasteiger charge is -2.38. The Morgan fingerprint density at radius 1 is 1.12 bits per heavy atom. The molecule has 0 radical (unpaired) electrons. The van der Waals surface area contributed by atoms with Crippen molar-refractivity contribution in [3.63, 3.8) is 0 Å². The number of halogens is 3. The van der Waals surface area contributed by atoms with E-state index in [-0.39, 0.29) is 48.9 Å². The van der Waals surface area contributed by atoms with Crippen LogP contribution in [0.1, 0.15) is 24.0 Å². The molecule has 4 rings (SSSR count). The van der Waals surface area contributed by atoms with Gasteiger partial charge in [0, 0.05) is 51.7 Å². The van der Waals surface area contributed by atoms with Crippen molar-refractivity contribution in [1.82, 2.24) is 14.7 Å². The molecule has 0 aromatic heterocycles. The largest absolute Gasteiger partial charge is 0.416 e. The quantitative estimate of drug-likeness (QED) is 0.661. The normalized spacial score (nSPS) is 26.7. The fraction of sp³-hybridized carbons (Fsp3) is 0.619. The lowest BCUT2D eigenvalue weighted by atomic mass is 10.1. The molecule has 7 nitrogen and oxygen atoms in total. The van der Waals surface area contributed by atoms with Crippen LogP contribution in [0.3, 0.4) is 0 Å². The monoisotopic (exact) mass is 473 g/mol. The number of carbonyl (C=O) groups is 2. The minimum absolute atomic E-state index is 0.00765. The van der Waals surface area contributed by atoms with E-state index in [9.17, 15) is 31.2 Å². The van der Waals surface area contributed by atoms with E-state index in [4.69, 9.17) is 0 Å². The van der Waals surface area contributed by atoms with E-state index in [1.807, 2.05) is 0 Å². The van der Waals surface area contributed by atoms with Crippen molar-refractivity contribution in [2.75, 3.05) is 44.2 Å². The summed E-state index contributed by atoms with van der Waals surface area (Å²) in [5.74, 6) is -0.489. The average Bonchev–Trinajstić information content (AvgIpc) is 3.29. The van der Waals surface area contributed by atoms with E-state index < -0.39 is 27.5 Å². The second kappa shape index (κ2) is 8.66. The van der Waals surface area contributed by atoms with Crippen LogP contribution in [0.25, 0.3) is 0 Å². The minimum Gasteiger partial charge on any atom is -0.340 e. The number of nitrogens with zero attached hydrogens (tertiary/aromatic N) is 3. The third kappa shape index (κ3) is 5.09. The van der Waals surface area contributed by atoms with Crippen molar-refractivity contribution in [1.29, 1.82) is 0 Å². The van der Waals surface area contributed by atoms with Gasteiger partial charge in [-0.1, -0.05) is 12.1 Å². The fourth-order valence-corrected chi connectivity index (χ4v) is 6.55. The Morgan fingerprint density at radius 3 is 2.47 bits per heavy atom. The van der Waals surface area contributed by atoms with Gasteiger partial charge < -0.3 is 9.80 Å². The molecule has 0 bridgehead atoms. The van der Waals surface area contributed by atoms with Gasteiger partial charge in [0.1, 0.15) is 0 Å². The van der Waals surface area contributed by atoms with Gasteiger partial charge in [-0.2, -0.15) is 13.2 Å². The van der Waals surface area contributed by atoms with Gasteiger partial charge in [-0.05, 0) is 24.1 Å². The van der Waals surface area contributed by atoms with Gasteiger partial charge in [0.15, 0.2) is 9.84 Å². The lowest BCUT2D eigenvalue weighted by Crippen LogP contribution is -2.53. The molecule has 32 heavy (non-hydrogen) atoms. The van der Waals surface area contributed by atoms with Crippen molar-refractivity contribution < 1.29 is 31.2 Å². The molecule has 1 aromatic carbocycles. The van der Waals surface area contributed by atoms with Gasteiger partial charge >= 0.3 is 6.18 Å². The standard InChI is InChI=1S/C21H26F3N3O4S/c22-21(23,24)17-3-1-2-15(10-17)12-27-13-16(11-19(27)28)20(29)26-7-5-25(6-8-26)18-4-9-32(30,31)14-18/h1-3,10,16,18H,4-9,11-14H2. The number of likely N-dealkylation sites (tertiary alicyclic amines) is 1. The molecule has 11 heteroatoms. The second-order valence-electron chi connectivity index (χ2n) is 8.79. The topological polar surface area (TPSA) is 78.0 Å². The molecule has 3 fully saturated rings. The summed E-state index contributed by atoms with van der Waals surface area (Å²) in [6.45, 7) is 2.38. The summed E-state index contributed by atoms with van der Waals surface area (Å²) in [5.41, 5.74) is -0.386. The molecule has 3 saturated heterocycles. The van der Waals surface area contributed by atoms with Crippen LogP contribution in [-0.4, -0.2) is 85.2 Å². The molecule has 3 aliphatic heterocycles. The Balaban J connectivity index is 1.31. The summed E-state index contributed by atoms with van der Waals surface area (Å²) in [6.07, 6.45) is -3.77. The molecule has 176 valence electrons. The van der Waals surface area contributed by atoms with Crippen molar-refractivity contribution in [3.8, 4) is 0 Å². The Morgan fingerprint density at radius 2 is 1.84 bits per heavy atom. The number of benzene rings is 1. The fourth-order valence-electron chi connectivity index (χ4n) is 4.79. The number of sulfone groups is 1. The summed E-state index contributed by atoms with van der Waals surface area (Å²) in [6, 6.07) is 4.89. The number of alkyl halides is 3. The van der Waals surface area contributed by atoms with Gasteiger partial charge in [0.05, 0.1) is 23.0 Å². The van der Waals surface area contributed by atoms with Crippen molar-refractivity contribution in [2.45, 2.75) is 31.6 Å². The van der Waals surface area contributed by atoms with Crippen LogP contribution in [0, 0.1) is 5.92 Å². The zero-order valence-electron chi connectivity index (χ0n) is 17.6. The Kier molecular flexibility index (Phi) is 6.23. The third-order valence-corrected chi connectivity index (χ3v) is 8.29. The Labute approximate surface area is 185 Å². The Bertz CT molecular complexity index is 990. The van der Waals surface area contributed by atoms with Crippen molar-refractivity contribution in [2.24, 2.45) is 5.92 Å². The van der Waals surface area contributed by atoms with E-state index in [1.165, 1.54) is 11.0 Å². The summed E-state index contributed by atoms with van der Waals surface area (Å²) in [7, 11) is -2.96. The predicted octanol–water partition coefficient (Wildman–Crippen LogP) is 1.39. The minimum atomic E-state index is -4.45. The van der Waals surface area contributed by atoms with Crippen LogP contribution in [0.2, 0.25) is 0 Å². The molecule has 0 spiro atoms. The van der Waals surface area contributed by atoms with Crippen LogP contribution < -0.4 is 0 Å². The smallest absolute Gasteiger partial charge is 0.340 e. The predicted molar refractivity (Wildman–Crippen MR) is 110 cm³/mol. The third-order valence-electron chi connectivity index (χ3n) is 6.54. The number of amides is 2. The van der Waals surface area contributed by atoms with Crippen molar-refractivity contribution in [3.05, 3.63) is 35.4 Å². The first-order valence-electron chi connectivity index (χ1n) is 10.7. The summed E-state index contributed by atoms with van der Waals surface area (Å²) in [4.78, 5) is 30.6. The number of piperazine rings is 1. The first-order chi connectivity index (χ1) is 15.0. The zero-order valence-corrected chi connectivity index (χ0v) is 18.4. The van der Waals surface area contributed by atoms with E-state index in [2.05, 4.69) is 4.90 Å². The number of rotatable bonds is 4. The van der Waals surface area contributed by atoms with E-state index in [0.29, 0.717) is 38.2 Å². The number of hydrogen-bond donors (Lipinski definition) is 0. The molecule has 2 unspecified atom stereocenters. The maximum atomic E-state index is 12.9. The van der Waals surface area contributed by atoms with Crippen LogP contribution in [0.5, 0.6) is 0 Å². The highest BCUT2D eigenvalue weighted by Gasteiger charge is 2.39. The maximum absolute atomic E-state index is 12.9. The van der Waals surface area contributed by atoms with Crippen molar-refractivity contribution >= 4 is 21.7 Å². The van der Waals surface area contributed by atoms with Crippen LogP contribution >= 0.6 is 0 Å². The number of hydrogen-bond acceptors (Lipinski definition) is 5. The number of carbonyl (C=O) groups excluding carboxylic acids is 2. The van der Waals surface area contributed by atoms with Gasteiger partial charge in [0.25, 0.3) is 0 Å². The average molecular weight is 474 g/mol. The van der Waals surface area contributed by atoms with E-state index in [0.717, 1.165) is 12.1 Å². The molecular formula is C21H26F3N3O4S. The first-order valence-corrected chi connectivity index (χ1v) is 12.5. The summed E-state index contributed by atoms with van der Waals surface area (Å²) in [5, 5.41) is 0. The molecule has 0 saturated carbocycles. The summed E-state index contributed by atoms with van der Waals surface area (Å²) >= 11 is 0. The molecular weight excluding hydrogens is 447 g/mol. The zero-order chi connectivity index (χ0) is 23.1. The molecule has 2 amide bonds. The van der Waals surface area contributed by atoms with Gasteiger partial charge in [-0.3, -0.25) is 14.5 Å². The molecule has 1 aromatic rings.